The number of quaternary nitrogens is 1. The number of carbonyl (C=O) groups excluding carboxylic acids is 3. The number of hydrogen-bond acceptors (Lipinski definition) is 4. The number of amides is 2. The van der Waals surface area contributed by atoms with Crippen LogP contribution in [0.5, 0.6) is 0 Å². The van der Waals surface area contributed by atoms with Gasteiger partial charge in [0.2, 0.25) is 0 Å². The Balaban J connectivity index is 1.62. The van der Waals surface area contributed by atoms with Gasteiger partial charge in [-0.2, -0.15) is 0 Å². The first-order chi connectivity index (χ1) is 11.1. The molecule has 1 aromatic rings. The van der Waals surface area contributed by atoms with Gasteiger partial charge in [0.25, 0.3) is 5.78 Å². The van der Waals surface area contributed by atoms with Crippen molar-refractivity contribution < 1.29 is 24.0 Å². The van der Waals surface area contributed by atoms with Crippen LogP contribution in [0.15, 0.2) is 24.3 Å². The lowest BCUT2D eigenvalue weighted by Crippen LogP contribution is -3.16. The van der Waals surface area contributed by atoms with E-state index in [1.807, 2.05) is 6.07 Å². The van der Waals surface area contributed by atoms with Gasteiger partial charge in [0, 0.05) is 0 Å². The molecule has 7 nitrogen and oxygen atoms in total. The molecule has 1 aromatic carbocycles. The topological polar surface area (TPSA) is 71.4 Å². The minimum atomic E-state index is -0.466. The number of para-hydroxylation sites is 1. The van der Waals surface area contributed by atoms with Crippen molar-refractivity contribution >= 4 is 23.5 Å². The number of nitrogens with one attached hydrogen (secondary N) is 1. The highest BCUT2D eigenvalue weighted by molar-refractivity contribution is 6.52. The first-order valence-corrected chi connectivity index (χ1v) is 7.82. The summed E-state index contributed by atoms with van der Waals surface area (Å²) in [5.74, 6) is -0.906. The number of hydrogen-bond donors (Lipinski definition) is 1. The number of fused-ring (bicyclic) bond motifs is 1. The molecule has 0 aliphatic carbocycles. The Hall–Kier alpha value is -2.41. The highest BCUT2D eigenvalue weighted by Gasteiger charge is 2.38. The van der Waals surface area contributed by atoms with Crippen LogP contribution >= 0.6 is 0 Å². The van der Waals surface area contributed by atoms with Crippen LogP contribution < -0.4 is 9.80 Å². The van der Waals surface area contributed by atoms with Gasteiger partial charge >= 0.3 is 12.0 Å². The molecule has 23 heavy (non-hydrogen) atoms. The molecule has 0 aromatic heterocycles. The number of ether oxygens (including phenoxy) is 1. The molecule has 0 saturated carbocycles. The predicted octanol–water partition coefficient (Wildman–Crippen LogP) is -0.470. The molecule has 2 heterocycles. The number of carbonyl (C=O) groups is 3. The van der Waals surface area contributed by atoms with E-state index >= 15 is 0 Å². The lowest BCUT2D eigenvalue weighted by Gasteiger charge is -2.33. The standard InChI is InChI=1S/C16H19N3O4/c1-2-23-16(22)18-9-7-17(8-10-18)11-19-13-6-4-3-5-12(13)14(20)15(19)21/h3-6H,2,7-11H2,1H3/p+1. The fraction of sp³-hybridized carbons (Fsp3) is 0.438. The third kappa shape index (κ3) is 2.92. The number of anilines is 1. The van der Waals surface area contributed by atoms with Crippen molar-refractivity contribution in [3.63, 3.8) is 0 Å². The minimum Gasteiger partial charge on any atom is -0.450 e. The second kappa shape index (κ2) is 6.37. The zero-order valence-electron chi connectivity index (χ0n) is 13.1. The molecule has 0 spiro atoms. The third-order valence-corrected chi connectivity index (χ3v) is 4.26. The zero-order valence-corrected chi connectivity index (χ0v) is 13.1. The zero-order chi connectivity index (χ0) is 16.4. The Labute approximate surface area is 134 Å². The highest BCUT2D eigenvalue weighted by atomic mass is 16.6. The summed E-state index contributed by atoms with van der Waals surface area (Å²) in [6, 6.07) is 7.07. The number of benzene rings is 1. The Morgan fingerprint density at radius 2 is 1.91 bits per heavy atom. The van der Waals surface area contributed by atoms with Gasteiger partial charge in [0.05, 0.1) is 44.0 Å². The van der Waals surface area contributed by atoms with Crippen LogP contribution in [0, 0.1) is 0 Å². The van der Waals surface area contributed by atoms with Gasteiger partial charge in [-0.3, -0.25) is 19.4 Å². The van der Waals surface area contributed by atoms with Gasteiger partial charge in [0.15, 0.2) is 6.67 Å². The Morgan fingerprint density at radius 1 is 1.22 bits per heavy atom. The summed E-state index contributed by atoms with van der Waals surface area (Å²) < 4.78 is 5.00. The molecule has 0 bridgehead atoms. The molecule has 0 radical (unpaired) electrons. The first-order valence-electron chi connectivity index (χ1n) is 7.82. The summed E-state index contributed by atoms with van der Waals surface area (Å²) in [6.07, 6.45) is -0.288. The Morgan fingerprint density at radius 3 is 2.61 bits per heavy atom. The SMILES string of the molecule is CCOC(=O)N1CC[NH+](CN2C(=O)C(=O)c3ccccc32)CC1. The molecule has 1 saturated heterocycles. The maximum atomic E-state index is 12.2. The molecule has 122 valence electrons. The van der Waals surface area contributed by atoms with Gasteiger partial charge in [-0.25, -0.2) is 4.79 Å². The van der Waals surface area contributed by atoms with E-state index in [0.29, 0.717) is 37.6 Å². The van der Waals surface area contributed by atoms with Crippen molar-refractivity contribution in [3.8, 4) is 0 Å². The van der Waals surface area contributed by atoms with E-state index in [1.165, 1.54) is 4.90 Å². The number of Topliss-reactive ketones (excluding diaryl/α,β-unsaturated/α-hetero) is 1. The quantitative estimate of drug-likeness (QED) is 0.765. The lowest BCUT2D eigenvalue weighted by molar-refractivity contribution is -0.902. The molecule has 7 heteroatoms. The average Bonchev–Trinajstić information content (AvgIpc) is 2.81. The van der Waals surface area contributed by atoms with Crippen molar-refractivity contribution in [2.75, 3.05) is 44.4 Å². The summed E-state index contributed by atoms with van der Waals surface area (Å²) in [5, 5.41) is 0. The van der Waals surface area contributed by atoms with Crippen LogP contribution in [-0.2, 0) is 9.53 Å². The number of rotatable bonds is 3. The maximum absolute atomic E-state index is 12.2. The summed E-state index contributed by atoms with van der Waals surface area (Å²) in [6.45, 7) is 5.22. The predicted molar refractivity (Wildman–Crippen MR) is 82.4 cm³/mol. The second-order valence-electron chi connectivity index (χ2n) is 5.67. The van der Waals surface area contributed by atoms with Crippen molar-refractivity contribution in [3.05, 3.63) is 29.8 Å². The third-order valence-electron chi connectivity index (χ3n) is 4.26. The normalized spacial score (nSPS) is 18.3. The molecule has 0 atom stereocenters. The van der Waals surface area contributed by atoms with Gasteiger partial charge in [-0.05, 0) is 19.1 Å². The summed E-state index contributed by atoms with van der Waals surface area (Å²) in [5.41, 5.74) is 1.16. The van der Waals surface area contributed by atoms with E-state index in [1.54, 1.807) is 34.9 Å². The van der Waals surface area contributed by atoms with E-state index in [0.717, 1.165) is 13.1 Å². The first kappa shape index (κ1) is 15.5. The van der Waals surface area contributed by atoms with E-state index in [9.17, 15) is 14.4 Å². The van der Waals surface area contributed by atoms with Crippen LogP contribution in [0.3, 0.4) is 0 Å². The second-order valence-corrected chi connectivity index (χ2v) is 5.67. The van der Waals surface area contributed by atoms with Crippen LogP contribution in [0.25, 0.3) is 0 Å². The summed E-state index contributed by atoms with van der Waals surface area (Å²) in [4.78, 5) is 40.3. The fourth-order valence-electron chi connectivity index (χ4n) is 3.01. The van der Waals surface area contributed by atoms with Crippen LogP contribution in [0.1, 0.15) is 17.3 Å². The molecule has 2 aliphatic rings. The molecular weight excluding hydrogens is 298 g/mol. The minimum absolute atomic E-state index is 0.288. The smallest absolute Gasteiger partial charge is 0.410 e. The maximum Gasteiger partial charge on any atom is 0.410 e. The van der Waals surface area contributed by atoms with E-state index < -0.39 is 11.7 Å². The molecular formula is C16H20N3O4+. The van der Waals surface area contributed by atoms with Gasteiger partial charge < -0.3 is 9.64 Å². The molecule has 2 amide bonds. The number of nitrogens with zero attached hydrogens (tertiary/aromatic N) is 2. The summed E-state index contributed by atoms with van der Waals surface area (Å²) >= 11 is 0. The molecule has 2 aliphatic heterocycles. The highest BCUT2D eigenvalue weighted by Crippen LogP contribution is 2.27. The van der Waals surface area contributed by atoms with Gasteiger partial charge in [-0.15, -0.1) is 0 Å². The van der Waals surface area contributed by atoms with Crippen molar-refractivity contribution in [1.29, 1.82) is 0 Å². The largest absolute Gasteiger partial charge is 0.450 e. The number of piperazine rings is 1. The number of ketones is 1. The van der Waals surface area contributed by atoms with E-state index in [-0.39, 0.29) is 6.09 Å². The molecule has 1 fully saturated rings. The van der Waals surface area contributed by atoms with Crippen LogP contribution in [0.4, 0.5) is 10.5 Å². The molecule has 3 rings (SSSR count). The van der Waals surface area contributed by atoms with Crippen LogP contribution in [0.2, 0.25) is 0 Å². The Kier molecular flexibility index (Phi) is 4.29. The van der Waals surface area contributed by atoms with E-state index in [4.69, 9.17) is 4.74 Å². The lowest BCUT2D eigenvalue weighted by atomic mass is 10.1. The average molecular weight is 318 g/mol. The van der Waals surface area contributed by atoms with Crippen LogP contribution in [-0.4, -0.2) is 62.1 Å². The van der Waals surface area contributed by atoms with Crippen molar-refractivity contribution in [2.45, 2.75) is 6.92 Å². The van der Waals surface area contributed by atoms with Crippen molar-refractivity contribution in [1.82, 2.24) is 4.90 Å². The molecule has 0 unspecified atom stereocenters. The monoisotopic (exact) mass is 318 g/mol. The summed E-state index contributed by atoms with van der Waals surface area (Å²) in [7, 11) is 0. The van der Waals surface area contributed by atoms with Crippen molar-refractivity contribution in [2.24, 2.45) is 0 Å². The Bertz CT molecular complexity index is 638. The van der Waals surface area contributed by atoms with E-state index in [2.05, 4.69) is 0 Å². The van der Waals surface area contributed by atoms with Gasteiger partial charge in [0.1, 0.15) is 0 Å². The molecule has 1 N–H and O–H groups in total. The fourth-order valence-corrected chi connectivity index (χ4v) is 3.01. The van der Waals surface area contributed by atoms with Gasteiger partial charge in [-0.1, -0.05) is 12.1 Å².